The lowest BCUT2D eigenvalue weighted by Crippen LogP contribution is -2.55. The lowest BCUT2D eigenvalue weighted by molar-refractivity contribution is -0.0198. The molecule has 0 aromatic heterocycles. The zero-order valence-corrected chi connectivity index (χ0v) is 15.2. The molecule has 0 bridgehead atoms. The lowest BCUT2D eigenvalue weighted by atomic mass is 9.98. The van der Waals surface area contributed by atoms with Gasteiger partial charge in [-0.1, -0.05) is 23.7 Å². The predicted molar refractivity (Wildman–Crippen MR) is 96.2 cm³/mol. The molecule has 2 fully saturated rings. The van der Waals surface area contributed by atoms with E-state index in [0.29, 0.717) is 0 Å². The van der Waals surface area contributed by atoms with Crippen molar-refractivity contribution < 1.29 is 4.74 Å². The Hall–Kier alpha value is -0.610. The zero-order valence-electron chi connectivity index (χ0n) is 14.4. The molecule has 0 spiro atoms. The fraction of sp³-hybridized carbons (Fsp3) is 0.684. The second-order valence-electron chi connectivity index (χ2n) is 7.63. The fourth-order valence-electron chi connectivity index (χ4n) is 3.99. The molecule has 0 radical (unpaired) electrons. The minimum absolute atomic E-state index is 0.235. The van der Waals surface area contributed by atoms with Gasteiger partial charge in [-0.25, -0.2) is 0 Å². The summed E-state index contributed by atoms with van der Waals surface area (Å²) in [5.41, 5.74) is 1.65. The smallest absolute Gasteiger partial charge is 0.0594 e. The van der Waals surface area contributed by atoms with Crippen molar-refractivity contribution in [3.05, 3.63) is 34.9 Å². The van der Waals surface area contributed by atoms with Crippen LogP contribution in [-0.2, 0) is 11.2 Å². The van der Waals surface area contributed by atoms with Crippen LogP contribution >= 0.6 is 11.6 Å². The Morgan fingerprint density at radius 3 is 2.52 bits per heavy atom. The van der Waals surface area contributed by atoms with Crippen molar-refractivity contribution in [3.8, 4) is 0 Å². The van der Waals surface area contributed by atoms with Gasteiger partial charge in [0.1, 0.15) is 0 Å². The summed E-state index contributed by atoms with van der Waals surface area (Å²) in [7, 11) is 0. The molecule has 1 atom stereocenters. The SMILES string of the molecule is CC(C)(CN1CCC(Cc2ccc(Cl)cc2)C1)N1CCOCC1. The fourth-order valence-corrected chi connectivity index (χ4v) is 4.12. The first-order valence-corrected chi connectivity index (χ1v) is 9.20. The lowest BCUT2D eigenvalue weighted by Gasteiger charge is -2.43. The molecule has 0 aliphatic carbocycles. The Morgan fingerprint density at radius 1 is 1.13 bits per heavy atom. The van der Waals surface area contributed by atoms with E-state index in [1.54, 1.807) is 0 Å². The first-order valence-electron chi connectivity index (χ1n) is 8.82. The normalized spacial score (nSPS) is 24.2. The maximum atomic E-state index is 5.98. The largest absolute Gasteiger partial charge is 0.379 e. The summed E-state index contributed by atoms with van der Waals surface area (Å²) < 4.78 is 5.49. The van der Waals surface area contributed by atoms with Gasteiger partial charge in [-0.15, -0.1) is 0 Å². The molecule has 3 nitrogen and oxygen atoms in total. The number of halogens is 1. The highest BCUT2D eigenvalue weighted by atomic mass is 35.5. The third kappa shape index (κ3) is 4.69. The van der Waals surface area contributed by atoms with E-state index >= 15 is 0 Å². The van der Waals surface area contributed by atoms with Crippen molar-refractivity contribution in [3.63, 3.8) is 0 Å². The van der Waals surface area contributed by atoms with Crippen molar-refractivity contribution in [2.45, 2.75) is 32.2 Å². The van der Waals surface area contributed by atoms with Crippen LogP contribution in [-0.4, -0.2) is 61.3 Å². The average Bonchev–Trinajstić information content (AvgIpc) is 2.97. The van der Waals surface area contributed by atoms with Crippen LogP contribution in [0.3, 0.4) is 0 Å². The molecule has 2 aliphatic heterocycles. The van der Waals surface area contributed by atoms with E-state index in [-0.39, 0.29) is 5.54 Å². The van der Waals surface area contributed by atoms with Crippen molar-refractivity contribution in [1.82, 2.24) is 9.80 Å². The summed E-state index contributed by atoms with van der Waals surface area (Å²) in [4.78, 5) is 5.24. The summed E-state index contributed by atoms with van der Waals surface area (Å²) in [5, 5.41) is 0.828. The van der Waals surface area contributed by atoms with Crippen LogP contribution in [0.4, 0.5) is 0 Å². The van der Waals surface area contributed by atoms with Gasteiger partial charge in [0.2, 0.25) is 0 Å². The molecule has 1 unspecified atom stereocenters. The van der Waals surface area contributed by atoms with Crippen molar-refractivity contribution >= 4 is 11.6 Å². The first-order chi connectivity index (χ1) is 11.0. The number of likely N-dealkylation sites (tertiary alicyclic amines) is 1. The Labute approximate surface area is 145 Å². The van der Waals surface area contributed by atoms with E-state index in [4.69, 9.17) is 16.3 Å². The molecule has 2 aliphatic rings. The number of morpholine rings is 1. The molecule has 1 aromatic carbocycles. The highest BCUT2D eigenvalue weighted by Crippen LogP contribution is 2.25. The average molecular weight is 337 g/mol. The van der Waals surface area contributed by atoms with E-state index in [2.05, 4.69) is 35.8 Å². The second-order valence-corrected chi connectivity index (χ2v) is 8.07. The van der Waals surface area contributed by atoms with Crippen LogP contribution in [0.2, 0.25) is 5.02 Å². The molecule has 128 valence electrons. The van der Waals surface area contributed by atoms with Gasteiger partial charge in [-0.05, 0) is 56.8 Å². The summed E-state index contributed by atoms with van der Waals surface area (Å²) in [6, 6.07) is 8.35. The molecule has 2 heterocycles. The van der Waals surface area contributed by atoms with Gasteiger partial charge in [0.15, 0.2) is 0 Å². The van der Waals surface area contributed by atoms with Crippen LogP contribution in [0.15, 0.2) is 24.3 Å². The van der Waals surface area contributed by atoms with Gasteiger partial charge >= 0.3 is 0 Å². The minimum Gasteiger partial charge on any atom is -0.379 e. The van der Waals surface area contributed by atoms with E-state index < -0.39 is 0 Å². The van der Waals surface area contributed by atoms with Gasteiger partial charge < -0.3 is 9.64 Å². The van der Waals surface area contributed by atoms with E-state index in [1.807, 2.05) is 12.1 Å². The van der Waals surface area contributed by atoms with Gasteiger partial charge in [-0.3, -0.25) is 4.90 Å². The third-order valence-corrected chi connectivity index (χ3v) is 5.54. The molecule has 23 heavy (non-hydrogen) atoms. The maximum Gasteiger partial charge on any atom is 0.0594 e. The van der Waals surface area contributed by atoms with Crippen LogP contribution in [0.25, 0.3) is 0 Å². The monoisotopic (exact) mass is 336 g/mol. The third-order valence-electron chi connectivity index (χ3n) is 5.29. The summed E-state index contributed by atoms with van der Waals surface area (Å²) in [5.74, 6) is 0.775. The van der Waals surface area contributed by atoms with Crippen LogP contribution in [0.1, 0.15) is 25.8 Å². The minimum atomic E-state index is 0.235. The molecule has 0 saturated carbocycles. The molecule has 4 heteroatoms. The van der Waals surface area contributed by atoms with Crippen LogP contribution in [0, 0.1) is 5.92 Å². The molecule has 2 saturated heterocycles. The number of nitrogens with zero attached hydrogens (tertiary/aromatic N) is 2. The summed E-state index contributed by atoms with van der Waals surface area (Å²) in [6.45, 7) is 12.2. The highest BCUT2D eigenvalue weighted by Gasteiger charge is 2.33. The van der Waals surface area contributed by atoms with Gasteiger partial charge in [0.05, 0.1) is 13.2 Å². The number of hydrogen-bond donors (Lipinski definition) is 0. The summed E-state index contributed by atoms with van der Waals surface area (Å²) in [6.07, 6.45) is 2.48. The molecule has 3 rings (SSSR count). The van der Waals surface area contributed by atoms with Crippen molar-refractivity contribution in [2.24, 2.45) is 5.92 Å². The van der Waals surface area contributed by atoms with Gasteiger partial charge in [0, 0.05) is 36.7 Å². The highest BCUT2D eigenvalue weighted by molar-refractivity contribution is 6.30. The molecule has 0 N–H and O–H groups in total. The van der Waals surface area contributed by atoms with Crippen molar-refractivity contribution in [2.75, 3.05) is 45.9 Å². The Bertz CT molecular complexity index is 497. The van der Waals surface area contributed by atoms with Gasteiger partial charge in [0.25, 0.3) is 0 Å². The molecular formula is C19H29ClN2O. The Morgan fingerprint density at radius 2 is 1.83 bits per heavy atom. The second kappa shape index (κ2) is 7.52. The van der Waals surface area contributed by atoms with E-state index in [1.165, 1.54) is 31.5 Å². The van der Waals surface area contributed by atoms with Crippen molar-refractivity contribution in [1.29, 1.82) is 0 Å². The number of ether oxygens (including phenoxy) is 1. The standard InChI is InChI=1S/C19H29ClN2O/c1-19(2,22-9-11-23-12-10-22)15-21-8-7-17(14-21)13-16-3-5-18(20)6-4-16/h3-6,17H,7-15H2,1-2H3. The molecule has 0 amide bonds. The van der Waals surface area contributed by atoms with Gasteiger partial charge in [-0.2, -0.15) is 0 Å². The van der Waals surface area contributed by atoms with E-state index in [0.717, 1.165) is 43.8 Å². The van der Waals surface area contributed by atoms with Crippen LogP contribution in [0.5, 0.6) is 0 Å². The molecule has 1 aromatic rings. The quantitative estimate of drug-likeness (QED) is 0.820. The zero-order chi connectivity index (χ0) is 16.3. The van der Waals surface area contributed by atoms with E-state index in [9.17, 15) is 0 Å². The first kappa shape index (κ1) is 17.2. The Balaban J connectivity index is 1.50. The number of benzene rings is 1. The number of rotatable bonds is 5. The number of hydrogen-bond acceptors (Lipinski definition) is 3. The van der Waals surface area contributed by atoms with Crippen LogP contribution < -0.4 is 0 Å². The topological polar surface area (TPSA) is 15.7 Å². The molecular weight excluding hydrogens is 308 g/mol. The Kier molecular flexibility index (Phi) is 5.63. The predicted octanol–water partition coefficient (Wildman–Crippen LogP) is 3.32. The maximum absolute atomic E-state index is 5.98. The summed E-state index contributed by atoms with van der Waals surface area (Å²) >= 11 is 5.98.